The van der Waals surface area contributed by atoms with E-state index in [2.05, 4.69) is 11.4 Å². The zero-order valence-corrected chi connectivity index (χ0v) is 10.3. The molecule has 0 aliphatic heterocycles. The van der Waals surface area contributed by atoms with Crippen LogP contribution in [0.1, 0.15) is 18.1 Å². The molecule has 0 unspecified atom stereocenters. The first-order chi connectivity index (χ1) is 8.16. The molecular weight excluding hydrogens is 234 g/mol. The van der Waals surface area contributed by atoms with Crippen LogP contribution in [0.5, 0.6) is 0 Å². The molecule has 0 saturated carbocycles. The lowest BCUT2D eigenvalue weighted by Gasteiger charge is -2.10. The van der Waals surface area contributed by atoms with Crippen molar-refractivity contribution in [2.45, 2.75) is 19.8 Å². The molecule has 17 heavy (non-hydrogen) atoms. The maximum atomic E-state index is 11.2. The quantitative estimate of drug-likeness (QED) is 0.818. The third kappa shape index (κ3) is 1.60. The maximum absolute atomic E-state index is 11.2. The van der Waals surface area contributed by atoms with Gasteiger partial charge in [-0.05, 0) is 41.5 Å². The molecule has 3 heteroatoms. The fraction of sp³-hybridized carbons (Fsp3) is 0.214. The van der Waals surface area contributed by atoms with E-state index in [1.165, 1.54) is 23.4 Å². The lowest BCUT2D eigenvalue weighted by Crippen LogP contribution is -2.07. The molecule has 0 saturated heterocycles. The Bertz CT molecular complexity index is 634. The van der Waals surface area contributed by atoms with E-state index in [0.29, 0.717) is 0 Å². The van der Waals surface area contributed by atoms with E-state index in [4.69, 9.17) is 11.6 Å². The number of aryl methyl sites for hydroxylation is 2. The molecule has 0 aromatic heterocycles. The maximum Gasteiger partial charge on any atom is 0.221 e. The predicted octanol–water partition coefficient (Wildman–Crippen LogP) is 3.55. The Balaban J connectivity index is 2.30. The van der Waals surface area contributed by atoms with Crippen LogP contribution in [-0.4, -0.2) is 5.91 Å². The van der Waals surface area contributed by atoms with Gasteiger partial charge in [0.15, 0.2) is 0 Å². The zero-order valence-electron chi connectivity index (χ0n) is 9.51. The highest BCUT2D eigenvalue weighted by atomic mass is 35.5. The number of amides is 1. The predicted molar refractivity (Wildman–Crippen MR) is 70.7 cm³/mol. The van der Waals surface area contributed by atoms with Gasteiger partial charge < -0.3 is 5.32 Å². The number of carbonyl (C=O) groups excluding carboxylic acids is 1. The van der Waals surface area contributed by atoms with Gasteiger partial charge in [-0.2, -0.15) is 0 Å². The summed E-state index contributed by atoms with van der Waals surface area (Å²) in [5, 5.41) is 5.98. The number of benzene rings is 2. The fourth-order valence-corrected chi connectivity index (χ4v) is 2.82. The van der Waals surface area contributed by atoms with E-state index in [0.717, 1.165) is 28.9 Å². The number of halogens is 1. The first-order valence-electron chi connectivity index (χ1n) is 5.67. The highest BCUT2D eigenvalue weighted by molar-refractivity contribution is 6.36. The van der Waals surface area contributed by atoms with E-state index >= 15 is 0 Å². The number of rotatable bonds is 1. The summed E-state index contributed by atoms with van der Waals surface area (Å²) < 4.78 is 0. The van der Waals surface area contributed by atoms with Crippen molar-refractivity contribution < 1.29 is 4.79 Å². The van der Waals surface area contributed by atoms with Gasteiger partial charge in [-0.1, -0.05) is 23.7 Å². The first kappa shape index (κ1) is 10.6. The molecule has 0 radical (unpaired) electrons. The van der Waals surface area contributed by atoms with Crippen LogP contribution in [0.15, 0.2) is 24.3 Å². The van der Waals surface area contributed by atoms with Gasteiger partial charge in [0.2, 0.25) is 5.91 Å². The Morgan fingerprint density at radius 2 is 2.06 bits per heavy atom. The monoisotopic (exact) mass is 245 g/mol. The summed E-state index contributed by atoms with van der Waals surface area (Å²) in [5.41, 5.74) is 3.47. The van der Waals surface area contributed by atoms with Crippen LogP contribution >= 0.6 is 11.6 Å². The first-order valence-corrected chi connectivity index (χ1v) is 6.05. The standard InChI is InChI=1S/C14H12ClNO/c1-8(17)16-13-7-5-10-12(15)6-3-9-2-4-11(13)14(9)10/h3,5-7H,2,4H2,1H3,(H,16,17). The second-order valence-electron chi connectivity index (χ2n) is 4.40. The SMILES string of the molecule is CC(=O)Nc1ccc2c(Cl)ccc3c2c1CC3. The van der Waals surface area contributed by atoms with Crippen molar-refractivity contribution >= 4 is 34.0 Å². The van der Waals surface area contributed by atoms with Gasteiger partial charge in [-0.15, -0.1) is 0 Å². The van der Waals surface area contributed by atoms with Crippen molar-refractivity contribution in [1.29, 1.82) is 0 Å². The van der Waals surface area contributed by atoms with E-state index in [1.54, 1.807) is 0 Å². The summed E-state index contributed by atoms with van der Waals surface area (Å²) in [6.45, 7) is 1.53. The van der Waals surface area contributed by atoms with Crippen LogP contribution in [0.25, 0.3) is 10.8 Å². The molecule has 2 aromatic carbocycles. The largest absolute Gasteiger partial charge is 0.326 e. The molecule has 2 aromatic rings. The highest BCUT2D eigenvalue weighted by Gasteiger charge is 2.19. The summed E-state index contributed by atoms with van der Waals surface area (Å²) in [5.74, 6) is -0.0314. The van der Waals surface area contributed by atoms with Gasteiger partial charge in [0.25, 0.3) is 0 Å². The highest BCUT2D eigenvalue weighted by Crippen LogP contribution is 2.38. The van der Waals surface area contributed by atoms with Crippen LogP contribution in [0.2, 0.25) is 5.02 Å². The van der Waals surface area contributed by atoms with Crippen molar-refractivity contribution in [3.8, 4) is 0 Å². The van der Waals surface area contributed by atoms with Crippen LogP contribution < -0.4 is 5.32 Å². The Hall–Kier alpha value is -1.54. The van der Waals surface area contributed by atoms with E-state index in [9.17, 15) is 4.79 Å². The van der Waals surface area contributed by atoms with Gasteiger partial charge >= 0.3 is 0 Å². The van der Waals surface area contributed by atoms with Gasteiger partial charge in [0, 0.05) is 23.0 Å². The number of anilines is 1. The Labute approximate surface area is 105 Å². The molecule has 0 atom stereocenters. The molecule has 1 amide bonds. The Morgan fingerprint density at radius 3 is 2.82 bits per heavy atom. The minimum Gasteiger partial charge on any atom is -0.326 e. The smallest absolute Gasteiger partial charge is 0.221 e. The van der Waals surface area contributed by atoms with Crippen LogP contribution in [-0.2, 0) is 17.6 Å². The van der Waals surface area contributed by atoms with Gasteiger partial charge in [0.05, 0.1) is 0 Å². The Morgan fingerprint density at radius 1 is 1.24 bits per heavy atom. The average Bonchev–Trinajstić information content (AvgIpc) is 2.70. The number of carbonyl (C=O) groups is 1. The van der Waals surface area contributed by atoms with E-state index in [-0.39, 0.29) is 5.91 Å². The normalized spacial score (nSPS) is 13.1. The summed E-state index contributed by atoms with van der Waals surface area (Å²) in [6, 6.07) is 7.96. The molecule has 1 aliphatic rings. The topological polar surface area (TPSA) is 29.1 Å². The summed E-state index contributed by atoms with van der Waals surface area (Å²) in [4.78, 5) is 11.2. The fourth-order valence-electron chi connectivity index (χ4n) is 2.59. The minimum atomic E-state index is -0.0314. The molecule has 0 heterocycles. The number of hydrogen-bond acceptors (Lipinski definition) is 1. The van der Waals surface area contributed by atoms with Gasteiger partial charge in [-0.25, -0.2) is 0 Å². The third-order valence-electron chi connectivity index (χ3n) is 3.28. The van der Waals surface area contributed by atoms with E-state index < -0.39 is 0 Å². The summed E-state index contributed by atoms with van der Waals surface area (Å²) >= 11 is 6.20. The van der Waals surface area contributed by atoms with Crippen molar-refractivity contribution in [1.82, 2.24) is 0 Å². The molecular formula is C14H12ClNO. The summed E-state index contributed by atoms with van der Waals surface area (Å²) in [7, 11) is 0. The van der Waals surface area contributed by atoms with Crippen LogP contribution in [0, 0.1) is 0 Å². The minimum absolute atomic E-state index is 0.0314. The van der Waals surface area contributed by atoms with Gasteiger partial charge in [-0.3, -0.25) is 4.79 Å². The number of nitrogens with one attached hydrogen (secondary N) is 1. The molecule has 0 fully saturated rings. The molecule has 2 nitrogen and oxygen atoms in total. The Kier molecular flexibility index (Phi) is 2.33. The lowest BCUT2D eigenvalue weighted by molar-refractivity contribution is -0.114. The number of hydrogen-bond donors (Lipinski definition) is 1. The van der Waals surface area contributed by atoms with E-state index in [1.807, 2.05) is 18.2 Å². The van der Waals surface area contributed by atoms with Crippen molar-refractivity contribution in [2.75, 3.05) is 5.32 Å². The van der Waals surface area contributed by atoms with Crippen molar-refractivity contribution in [2.24, 2.45) is 0 Å². The van der Waals surface area contributed by atoms with Crippen LogP contribution in [0.4, 0.5) is 5.69 Å². The lowest BCUT2D eigenvalue weighted by atomic mass is 10.0. The molecule has 1 N–H and O–H groups in total. The molecule has 3 rings (SSSR count). The van der Waals surface area contributed by atoms with Gasteiger partial charge in [0.1, 0.15) is 0 Å². The van der Waals surface area contributed by atoms with Crippen molar-refractivity contribution in [3.63, 3.8) is 0 Å². The molecule has 86 valence electrons. The zero-order chi connectivity index (χ0) is 12.0. The molecule has 0 bridgehead atoms. The van der Waals surface area contributed by atoms with Crippen molar-refractivity contribution in [3.05, 3.63) is 40.4 Å². The molecule has 1 aliphatic carbocycles. The second kappa shape index (κ2) is 3.74. The molecule has 0 spiro atoms. The summed E-state index contributed by atoms with van der Waals surface area (Å²) in [6.07, 6.45) is 2.00. The second-order valence-corrected chi connectivity index (χ2v) is 4.81. The average molecular weight is 246 g/mol. The third-order valence-corrected chi connectivity index (χ3v) is 3.61. The van der Waals surface area contributed by atoms with Crippen LogP contribution in [0.3, 0.4) is 0 Å².